The van der Waals surface area contributed by atoms with Crippen LogP contribution < -0.4 is 5.32 Å². The van der Waals surface area contributed by atoms with Gasteiger partial charge < -0.3 is 5.32 Å². The number of hydrogen-bond acceptors (Lipinski definition) is 2. The average Bonchev–Trinajstić information content (AvgIpc) is 2.91. The zero-order chi connectivity index (χ0) is 15.2. The lowest BCUT2D eigenvalue weighted by Crippen LogP contribution is -2.33. The molecule has 1 heterocycles. The second-order valence-corrected chi connectivity index (χ2v) is 6.69. The highest BCUT2D eigenvalue weighted by Gasteiger charge is 2.29. The van der Waals surface area contributed by atoms with Crippen LogP contribution in [0.2, 0.25) is 0 Å². The maximum Gasteiger partial charge on any atom is 0.0625 e. The van der Waals surface area contributed by atoms with Gasteiger partial charge in [0, 0.05) is 6.54 Å². The first-order valence-corrected chi connectivity index (χ1v) is 8.99. The normalized spacial score (nSPS) is 24.2. The number of aromatic nitrogens is 2. The molecule has 2 rings (SSSR count). The van der Waals surface area contributed by atoms with E-state index in [0.717, 1.165) is 31.3 Å². The van der Waals surface area contributed by atoms with Crippen molar-refractivity contribution >= 4 is 0 Å². The Kier molecular flexibility index (Phi) is 6.28. The van der Waals surface area contributed by atoms with E-state index >= 15 is 0 Å². The number of rotatable bonds is 7. The third-order valence-corrected chi connectivity index (χ3v) is 4.90. The Hall–Kier alpha value is -0.830. The Balaban J connectivity index is 2.23. The molecular formula is C18H33N3. The maximum absolute atomic E-state index is 4.77. The van der Waals surface area contributed by atoms with Crippen molar-refractivity contribution < 1.29 is 0 Å². The first-order chi connectivity index (χ1) is 10.2. The zero-order valence-electron chi connectivity index (χ0n) is 14.4. The van der Waals surface area contributed by atoms with Gasteiger partial charge in [0.15, 0.2) is 0 Å². The third-order valence-electron chi connectivity index (χ3n) is 4.90. The quantitative estimate of drug-likeness (QED) is 0.810. The second kappa shape index (κ2) is 7.98. The van der Waals surface area contributed by atoms with Crippen molar-refractivity contribution in [2.45, 2.75) is 78.8 Å². The molecule has 1 aromatic rings. The summed E-state index contributed by atoms with van der Waals surface area (Å²) in [7, 11) is 0. The third kappa shape index (κ3) is 4.09. The summed E-state index contributed by atoms with van der Waals surface area (Å²) < 4.78 is 2.23. The van der Waals surface area contributed by atoms with E-state index < -0.39 is 0 Å². The number of nitrogens with one attached hydrogen (secondary N) is 1. The molecule has 1 saturated carbocycles. The standard InChI is InChI=1S/C18H33N3/c1-5-11-19-18(15-10-8-9-14(4)12-15)17-13-16(6-2)20-21(17)7-3/h13-15,18-19H,5-12H2,1-4H3. The monoisotopic (exact) mass is 291 g/mol. The highest BCUT2D eigenvalue weighted by atomic mass is 15.3. The fraction of sp³-hybridized carbons (Fsp3) is 0.833. The van der Waals surface area contributed by atoms with Crippen LogP contribution in [0.1, 0.15) is 77.2 Å². The molecule has 3 atom stereocenters. The van der Waals surface area contributed by atoms with E-state index in [1.807, 2.05) is 0 Å². The van der Waals surface area contributed by atoms with Gasteiger partial charge in [0.05, 0.1) is 17.4 Å². The van der Waals surface area contributed by atoms with Gasteiger partial charge in [-0.3, -0.25) is 4.68 Å². The smallest absolute Gasteiger partial charge is 0.0625 e. The minimum absolute atomic E-state index is 0.487. The van der Waals surface area contributed by atoms with Crippen molar-refractivity contribution in [2.75, 3.05) is 6.54 Å². The molecule has 3 nitrogen and oxygen atoms in total. The highest BCUT2D eigenvalue weighted by Crippen LogP contribution is 2.37. The van der Waals surface area contributed by atoms with Crippen LogP contribution >= 0.6 is 0 Å². The Morgan fingerprint density at radius 1 is 1.33 bits per heavy atom. The summed E-state index contributed by atoms with van der Waals surface area (Å²) in [5.41, 5.74) is 2.65. The van der Waals surface area contributed by atoms with Gasteiger partial charge in [-0.1, -0.05) is 33.6 Å². The predicted molar refractivity (Wildman–Crippen MR) is 89.4 cm³/mol. The zero-order valence-corrected chi connectivity index (χ0v) is 14.4. The maximum atomic E-state index is 4.77. The van der Waals surface area contributed by atoms with Gasteiger partial charge in [0.2, 0.25) is 0 Å². The minimum Gasteiger partial charge on any atom is -0.308 e. The van der Waals surface area contributed by atoms with Crippen molar-refractivity contribution in [3.63, 3.8) is 0 Å². The first kappa shape index (κ1) is 16.5. The molecular weight excluding hydrogens is 258 g/mol. The van der Waals surface area contributed by atoms with Gasteiger partial charge in [-0.2, -0.15) is 5.10 Å². The SMILES string of the molecule is CCCNC(c1cc(CC)nn1CC)C1CCCC(C)C1. The largest absolute Gasteiger partial charge is 0.308 e. The molecule has 0 aliphatic heterocycles. The topological polar surface area (TPSA) is 29.9 Å². The lowest BCUT2D eigenvalue weighted by molar-refractivity contribution is 0.217. The highest BCUT2D eigenvalue weighted by molar-refractivity contribution is 5.16. The summed E-state index contributed by atoms with van der Waals surface area (Å²) >= 11 is 0. The molecule has 1 fully saturated rings. The van der Waals surface area contributed by atoms with Crippen molar-refractivity contribution in [3.8, 4) is 0 Å². The van der Waals surface area contributed by atoms with Crippen LogP contribution in [0, 0.1) is 11.8 Å². The van der Waals surface area contributed by atoms with Crippen LogP contribution in [0.25, 0.3) is 0 Å². The lowest BCUT2D eigenvalue weighted by atomic mass is 9.77. The minimum atomic E-state index is 0.487. The number of aryl methyl sites for hydroxylation is 2. The molecule has 0 saturated heterocycles. The summed E-state index contributed by atoms with van der Waals surface area (Å²) in [5.74, 6) is 1.64. The van der Waals surface area contributed by atoms with Gasteiger partial charge in [-0.05, 0) is 57.1 Å². The van der Waals surface area contributed by atoms with Crippen LogP contribution in [0.15, 0.2) is 6.07 Å². The Bertz CT molecular complexity index is 424. The summed E-state index contributed by atoms with van der Waals surface area (Å²) in [5, 5.41) is 8.59. The molecule has 3 heteroatoms. The fourth-order valence-electron chi connectivity index (χ4n) is 3.76. The number of hydrogen-bond donors (Lipinski definition) is 1. The lowest BCUT2D eigenvalue weighted by Gasteiger charge is -2.34. The van der Waals surface area contributed by atoms with E-state index in [0.29, 0.717) is 6.04 Å². The molecule has 1 N–H and O–H groups in total. The number of nitrogens with zero attached hydrogens (tertiary/aromatic N) is 2. The summed E-state index contributed by atoms with van der Waals surface area (Å²) in [4.78, 5) is 0. The van der Waals surface area contributed by atoms with Crippen molar-refractivity contribution in [1.29, 1.82) is 0 Å². The average molecular weight is 291 g/mol. The fourth-order valence-corrected chi connectivity index (χ4v) is 3.76. The molecule has 3 unspecified atom stereocenters. The van der Waals surface area contributed by atoms with Crippen LogP contribution in [-0.2, 0) is 13.0 Å². The second-order valence-electron chi connectivity index (χ2n) is 6.69. The van der Waals surface area contributed by atoms with E-state index in [-0.39, 0.29) is 0 Å². The van der Waals surface area contributed by atoms with E-state index in [9.17, 15) is 0 Å². The molecule has 0 bridgehead atoms. The first-order valence-electron chi connectivity index (χ1n) is 8.99. The van der Waals surface area contributed by atoms with Gasteiger partial charge in [0.1, 0.15) is 0 Å². The molecule has 1 aliphatic rings. The van der Waals surface area contributed by atoms with E-state index in [1.54, 1.807) is 0 Å². The van der Waals surface area contributed by atoms with Crippen molar-refractivity contribution in [3.05, 3.63) is 17.5 Å². The molecule has 1 aromatic heterocycles. The van der Waals surface area contributed by atoms with Crippen LogP contribution in [-0.4, -0.2) is 16.3 Å². The summed E-state index contributed by atoms with van der Waals surface area (Å²) in [6.07, 6.45) is 7.74. The van der Waals surface area contributed by atoms with Gasteiger partial charge in [-0.25, -0.2) is 0 Å². The van der Waals surface area contributed by atoms with Gasteiger partial charge >= 0.3 is 0 Å². The van der Waals surface area contributed by atoms with Crippen molar-refractivity contribution in [2.24, 2.45) is 11.8 Å². The Labute approximate surface area is 130 Å². The molecule has 21 heavy (non-hydrogen) atoms. The summed E-state index contributed by atoms with van der Waals surface area (Å²) in [6.45, 7) is 11.1. The van der Waals surface area contributed by atoms with Gasteiger partial charge in [-0.15, -0.1) is 0 Å². The Morgan fingerprint density at radius 2 is 2.14 bits per heavy atom. The predicted octanol–water partition coefficient (Wildman–Crippen LogP) is 4.33. The van der Waals surface area contributed by atoms with E-state index in [2.05, 4.69) is 43.8 Å². The molecule has 1 aliphatic carbocycles. The van der Waals surface area contributed by atoms with Crippen molar-refractivity contribution in [1.82, 2.24) is 15.1 Å². The van der Waals surface area contributed by atoms with E-state index in [4.69, 9.17) is 5.10 Å². The molecule has 0 amide bonds. The van der Waals surface area contributed by atoms with Crippen LogP contribution in [0.5, 0.6) is 0 Å². The molecule has 0 spiro atoms. The van der Waals surface area contributed by atoms with Crippen LogP contribution in [0.4, 0.5) is 0 Å². The van der Waals surface area contributed by atoms with E-state index in [1.165, 1.54) is 43.5 Å². The molecule has 0 radical (unpaired) electrons. The summed E-state index contributed by atoms with van der Waals surface area (Å²) in [6, 6.07) is 2.83. The van der Waals surface area contributed by atoms with Crippen LogP contribution in [0.3, 0.4) is 0 Å². The molecule has 120 valence electrons. The molecule has 0 aromatic carbocycles. The van der Waals surface area contributed by atoms with Gasteiger partial charge in [0.25, 0.3) is 0 Å². The Morgan fingerprint density at radius 3 is 2.76 bits per heavy atom.